The lowest BCUT2D eigenvalue weighted by Gasteiger charge is -2.24. The quantitative estimate of drug-likeness (QED) is 0.767. The molecule has 2 rings (SSSR count). The van der Waals surface area contributed by atoms with Gasteiger partial charge < -0.3 is 14.8 Å². The molecule has 26 heavy (non-hydrogen) atoms. The predicted molar refractivity (Wildman–Crippen MR) is 92.1 cm³/mol. The summed E-state index contributed by atoms with van der Waals surface area (Å²) in [5.41, 5.74) is -1.31. The Hall–Kier alpha value is -2.67. The Kier molecular flexibility index (Phi) is 6.15. The monoisotopic (exact) mass is 383 g/mol. The zero-order valence-corrected chi connectivity index (χ0v) is 14.8. The van der Waals surface area contributed by atoms with E-state index in [2.05, 4.69) is 5.32 Å². The van der Waals surface area contributed by atoms with Gasteiger partial charge in [-0.2, -0.15) is 0 Å². The maximum absolute atomic E-state index is 13.1. The van der Waals surface area contributed by atoms with E-state index in [1.165, 1.54) is 19.9 Å². The minimum Gasteiger partial charge on any atom is -0.476 e. The fourth-order valence-corrected chi connectivity index (χ4v) is 2.04. The maximum Gasteiger partial charge on any atom is 0.350 e. The van der Waals surface area contributed by atoms with Crippen molar-refractivity contribution in [3.63, 3.8) is 0 Å². The van der Waals surface area contributed by atoms with E-state index >= 15 is 0 Å². The van der Waals surface area contributed by atoms with Gasteiger partial charge in [0, 0.05) is 16.8 Å². The van der Waals surface area contributed by atoms with Gasteiger partial charge in [-0.1, -0.05) is 11.6 Å². The summed E-state index contributed by atoms with van der Waals surface area (Å²) < 4.78 is 36.4. The lowest BCUT2D eigenvalue weighted by molar-refractivity contribution is -0.161. The number of rotatable bonds is 6. The summed E-state index contributed by atoms with van der Waals surface area (Å²) in [7, 11) is 0. The molecule has 0 saturated heterocycles. The summed E-state index contributed by atoms with van der Waals surface area (Å²) in [5, 5.41) is 2.81. The third-order valence-corrected chi connectivity index (χ3v) is 3.47. The maximum atomic E-state index is 13.1. The van der Waals surface area contributed by atoms with E-state index in [-0.39, 0.29) is 5.69 Å². The van der Waals surface area contributed by atoms with Crippen LogP contribution in [0.4, 0.5) is 14.5 Å². The van der Waals surface area contributed by atoms with Gasteiger partial charge in [-0.05, 0) is 50.2 Å². The SMILES string of the molecule is CC(C)(Oc1ccc(Cl)cc1)C(=O)OCC(=O)Nc1ccc(F)c(F)c1. The van der Waals surface area contributed by atoms with Crippen LogP contribution in [0.25, 0.3) is 0 Å². The van der Waals surface area contributed by atoms with Gasteiger partial charge in [0.2, 0.25) is 0 Å². The molecular formula is C18H16ClF2NO4. The van der Waals surface area contributed by atoms with E-state index in [9.17, 15) is 18.4 Å². The average Bonchev–Trinajstić information content (AvgIpc) is 2.58. The molecule has 0 unspecified atom stereocenters. The molecule has 0 spiro atoms. The van der Waals surface area contributed by atoms with Crippen LogP contribution in [0.3, 0.4) is 0 Å². The highest BCUT2D eigenvalue weighted by Crippen LogP contribution is 2.21. The van der Waals surface area contributed by atoms with Crippen LogP contribution in [0.5, 0.6) is 5.75 Å². The Morgan fingerprint density at radius 3 is 2.35 bits per heavy atom. The number of amides is 1. The first kappa shape index (κ1) is 19.7. The summed E-state index contributed by atoms with van der Waals surface area (Å²) in [5.74, 6) is -3.20. The van der Waals surface area contributed by atoms with Gasteiger partial charge in [0.1, 0.15) is 5.75 Å². The van der Waals surface area contributed by atoms with Crippen LogP contribution >= 0.6 is 11.6 Å². The molecule has 0 fully saturated rings. The molecule has 0 aliphatic carbocycles. The number of carbonyl (C=O) groups is 2. The van der Waals surface area contributed by atoms with E-state index in [0.29, 0.717) is 10.8 Å². The second kappa shape index (κ2) is 8.14. The van der Waals surface area contributed by atoms with Crippen molar-refractivity contribution in [2.75, 3.05) is 11.9 Å². The van der Waals surface area contributed by atoms with Crippen LogP contribution in [0, 0.1) is 11.6 Å². The zero-order valence-electron chi connectivity index (χ0n) is 14.0. The van der Waals surface area contributed by atoms with Crippen LogP contribution in [0.15, 0.2) is 42.5 Å². The van der Waals surface area contributed by atoms with Gasteiger partial charge in [-0.3, -0.25) is 4.79 Å². The summed E-state index contributed by atoms with van der Waals surface area (Å²) in [6.07, 6.45) is 0. The first-order valence-electron chi connectivity index (χ1n) is 7.54. The third-order valence-electron chi connectivity index (χ3n) is 3.22. The van der Waals surface area contributed by atoms with Gasteiger partial charge in [0.15, 0.2) is 23.8 Å². The highest BCUT2D eigenvalue weighted by molar-refractivity contribution is 6.30. The number of carbonyl (C=O) groups excluding carboxylic acids is 2. The molecule has 0 saturated carbocycles. The van der Waals surface area contributed by atoms with Gasteiger partial charge in [0.05, 0.1) is 0 Å². The molecule has 8 heteroatoms. The first-order valence-corrected chi connectivity index (χ1v) is 7.92. The molecule has 5 nitrogen and oxygen atoms in total. The molecule has 0 aromatic heterocycles. The smallest absolute Gasteiger partial charge is 0.350 e. The van der Waals surface area contributed by atoms with Gasteiger partial charge in [-0.25, -0.2) is 13.6 Å². The van der Waals surface area contributed by atoms with Crippen molar-refractivity contribution in [3.8, 4) is 5.75 Å². The number of anilines is 1. The second-order valence-electron chi connectivity index (χ2n) is 5.82. The third kappa shape index (κ3) is 5.42. The van der Waals surface area contributed by atoms with Crippen molar-refractivity contribution in [1.29, 1.82) is 0 Å². The number of benzene rings is 2. The van der Waals surface area contributed by atoms with Crippen LogP contribution in [-0.4, -0.2) is 24.1 Å². The molecule has 0 aliphatic heterocycles. The van der Waals surface area contributed by atoms with E-state index in [1.54, 1.807) is 24.3 Å². The molecule has 1 N–H and O–H groups in total. The normalized spacial score (nSPS) is 11.0. The molecule has 1 amide bonds. The van der Waals surface area contributed by atoms with Crippen LogP contribution in [0.1, 0.15) is 13.8 Å². The number of hydrogen-bond donors (Lipinski definition) is 1. The minimum atomic E-state index is -1.35. The van der Waals surface area contributed by atoms with Gasteiger partial charge in [0.25, 0.3) is 5.91 Å². The lowest BCUT2D eigenvalue weighted by atomic mass is 10.1. The number of hydrogen-bond acceptors (Lipinski definition) is 4. The number of halogens is 3. The lowest BCUT2D eigenvalue weighted by Crippen LogP contribution is -2.41. The largest absolute Gasteiger partial charge is 0.476 e. The first-order chi connectivity index (χ1) is 12.2. The van der Waals surface area contributed by atoms with Crippen molar-refractivity contribution in [3.05, 3.63) is 59.1 Å². The number of nitrogens with one attached hydrogen (secondary N) is 1. The molecule has 0 atom stereocenters. The standard InChI is InChI=1S/C18H16ClF2NO4/c1-18(2,26-13-6-3-11(19)4-7-13)17(24)25-10-16(23)22-12-5-8-14(20)15(21)9-12/h3-9H,10H2,1-2H3,(H,22,23). The molecule has 2 aromatic carbocycles. The van der Waals surface area contributed by atoms with E-state index < -0.39 is 35.7 Å². The van der Waals surface area contributed by atoms with Crippen LogP contribution < -0.4 is 10.1 Å². The summed E-state index contributed by atoms with van der Waals surface area (Å²) in [6.45, 7) is 2.36. The molecule has 2 aromatic rings. The summed E-state index contributed by atoms with van der Waals surface area (Å²) in [6, 6.07) is 9.27. The highest BCUT2D eigenvalue weighted by atomic mass is 35.5. The fraction of sp³-hybridized carbons (Fsp3) is 0.222. The number of ether oxygens (including phenoxy) is 2. The highest BCUT2D eigenvalue weighted by Gasteiger charge is 2.32. The van der Waals surface area contributed by atoms with Crippen molar-refractivity contribution in [2.45, 2.75) is 19.4 Å². The molecule has 0 radical (unpaired) electrons. The average molecular weight is 384 g/mol. The Morgan fingerprint density at radius 2 is 1.73 bits per heavy atom. The second-order valence-corrected chi connectivity index (χ2v) is 6.26. The van der Waals surface area contributed by atoms with Gasteiger partial charge in [-0.15, -0.1) is 0 Å². The van der Waals surface area contributed by atoms with E-state index in [4.69, 9.17) is 21.1 Å². The van der Waals surface area contributed by atoms with Crippen LogP contribution in [-0.2, 0) is 14.3 Å². The van der Waals surface area contributed by atoms with Crippen molar-refractivity contribution >= 4 is 29.2 Å². The molecule has 0 aliphatic rings. The van der Waals surface area contributed by atoms with Gasteiger partial charge >= 0.3 is 5.97 Å². The number of esters is 1. The predicted octanol–water partition coefficient (Wildman–Crippen LogP) is 3.96. The zero-order chi connectivity index (χ0) is 19.3. The van der Waals surface area contributed by atoms with Crippen molar-refractivity contribution in [1.82, 2.24) is 0 Å². The van der Waals surface area contributed by atoms with Crippen molar-refractivity contribution in [2.24, 2.45) is 0 Å². The molecule has 0 bridgehead atoms. The molecule has 0 heterocycles. The minimum absolute atomic E-state index is 0.0432. The Balaban J connectivity index is 1.88. The molecular weight excluding hydrogens is 368 g/mol. The summed E-state index contributed by atoms with van der Waals surface area (Å²) >= 11 is 5.78. The van der Waals surface area contributed by atoms with Crippen LogP contribution in [0.2, 0.25) is 5.02 Å². The Morgan fingerprint density at radius 1 is 1.08 bits per heavy atom. The Labute approximate surface area is 153 Å². The topological polar surface area (TPSA) is 64.6 Å². The van der Waals surface area contributed by atoms with Crippen molar-refractivity contribution < 1.29 is 27.8 Å². The Bertz CT molecular complexity index is 809. The van der Waals surface area contributed by atoms with E-state index in [0.717, 1.165) is 12.1 Å². The van der Waals surface area contributed by atoms with E-state index in [1.807, 2.05) is 0 Å². The summed E-state index contributed by atoms with van der Waals surface area (Å²) in [4.78, 5) is 23.9. The molecule has 138 valence electrons. The fourth-order valence-electron chi connectivity index (χ4n) is 1.91.